The zero-order valence-electron chi connectivity index (χ0n) is 11.3. The fraction of sp³-hybridized carbons (Fsp3) is 0.286. The number of benzene rings is 1. The number of halogens is 3. The van der Waals surface area contributed by atoms with Gasteiger partial charge in [-0.15, -0.1) is 0 Å². The Balaban J connectivity index is 2.24. The van der Waals surface area contributed by atoms with Crippen molar-refractivity contribution < 1.29 is 17.6 Å². The molecule has 1 atom stereocenters. The Morgan fingerprint density at radius 3 is 2.62 bits per heavy atom. The Kier molecular flexibility index (Phi) is 3.89. The zero-order valence-corrected chi connectivity index (χ0v) is 11.3. The summed E-state index contributed by atoms with van der Waals surface area (Å²) < 4.78 is 43.4. The highest BCUT2D eigenvalue weighted by Crippen LogP contribution is 2.33. The van der Waals surface area contributed by atoms with E-state index in [1.54, 1.807) is 26.1 Å². The van der Waals surface area contributed by atoms with E-state index in [1.165, 1.54) is 6.07 Å². The van der Waals surface area contributed by atoms with Crippen molar-refractivity contribution in [1.29, 1.82) is 5.26 Å². The van der Waals surface area contributed by atoms with E-state index in [0.29, 0.717) is 17.3 Å². The minimum absolute atomic E-state index is 0.332. The molecule has 0 aliphatic heterocycles. The third kappa shape index (κ3) is 3.34. The molecular weight excluding hydrogens is 283 g/mol. The molecule has 4 nitrogen and oxygen atoms in total. The number of rotatable bonds is 3. The molecule has 0 aliphatic carbocycles. The Morgan fingerprint density at radius 2 is 2.10 bits per heavy atom. The van der Waals surface area contributed by atoms with Crippen LogP contribution >= 0.6 is 0 Å². The maximum atomic E-state index is 12.7. The standard InChI is InChI=1S/C14H12F3N3O/c1-8-7-19-13(21-8)9(2)20-11-3-4-12(14(15,16)17)10(5-11)6-18/h3-5,7,9,20H,1-2H3. The molecule has 0 amide bonds. The first-order chi connectivity index (χ1) is 9.81. The molecule has 0 saturated heterocycles. The summed E-state index contributed by atoms with van der Waals surface area (Å²) in [5, 5.41) is 11.8. The summed E-state index contributed by atoms with van der Waals surface area (Å²) in [6.07, 6.45) is -2.99. The highest BCUT2D eigenvalue weighted by Gasteiger charge is 2.33. The molecule has 1 aromatic heterocycles. The Hall–Kier alpha value is -2.49. The van der Waals surface area contributed by atoms with Gasteiger partial charge in [-0.1, -0.05) is 0 Å². The lowest BCUT2D eigenvalue weighted by atomic mass is 10.1. The molecular formula is C14H12F3N3O. The van der Waals surface area contributed by atoms with Gasteiger partial charge in [-0.25, -0.2) is 4.98 Å². The van der Waals surface area contributed by atoms with Crippen LogP contribution in [0.4, 0.5) is 18.9 Å². The maximum Gasteiger partial charge on any atom is 0.417 e. The second kappa shape index (κ2) is 5.48. The Morgan fingerprint density at radius 1 is 1.38 bits per heavy atom. The largest absolute Gasteiger partial charge is 0.444 e. The van der Waals surface area contributed by atoms with Crippen LogP contribution in [0.1, 0.15) is 35.7 Å². The van der Waals surface area contributed by atoms with Crippen molar-refractivity contribution in [3.8, 4) is 6.07 Å². The summed E-state index contributed by atoms with van der Waals surface area (Å²) >= 11 is 0. The van der Waals surface area contributed by atoms with Crippen LogP contribution in [0.15, 0.2) is 28.8 Å². The normalized spacial score (nSPS) is 12.8. The molecule has 1 aromatic carbocycles. The van der Waals surface area contributed by atoms with Crippen molar-refractivity contribution in [1.82, 2.24) is 4.98 Å². The van der Waals surface area contributed by atoms with E-state index < -0.39 is 17.3 Å². The van der Waals surface area contributed by atoms with Crippen molar-refractivity contribution in [3.63, 3.8) is 0 Å². The average molecular weight is 295 g/mol. The number of hydrogen-bond donors (Lipinski definition) is 1. The second-order valence-corrected chi connectivity index (χ2v) is 4.55. The number of aryl methyl sites for hydroxylation is 1. The first-order valence-electron chi connectivity index (χ1n) is 6.11. The Labute approximate surface area is 119 Å². The monoisotopic (exact) mass is 295 g/mol. The summed E-state index contributed by atoms with van der Waals surface area (Å²) in [6.45, 7) is 3.50. The van der Waals surface area contributed by atoms with Crippen molar-refractivity contribution in [2.24, 2.45) is 0 Å². The molecule has 21 heavy (non-hydrogen) atoms. The molecule has 0 bridgehead atoms. The van der Waals surface area contributed by atoms with E-state index in [2.05, 4.69) is 10.3 Å². The lowest BCUT2D eigenvalue weighted by Crippen LogP contribution is -2.10. The number of anilines is 1. The van der Waals surface area contributed by atoms with E-state index in [4.69, 9.17) is 9.68 Å². The molecule has 0 radical (unpaired) electrons. The van der Waals surface area contributed by atoms with Gasteiger partial charge in [0.05, 0.1) is 23.4 Å². The van der Waals surface area contributed by atoms with Crippen LogP contribution < -0.4 is 5.32 Å². The zero-order chi connectivity index (χ0) is 15.6. The summed E-state index contributed by atoms with van der Waals surface area (Å²) in [5.74, 6) is 1.06. The third-order valence-electron chi connectivity index (χ3n) is 2.84. The van der Waals surface area contributed by atoms with Crippen LogP contribution in [0.5, 0.6) is 0 Å². The van der Waals surface area contributed by atoms with E-state index in [9.17, 15) is 13.2 Å². The molecule has 1 N–H and O–H groups in total. The molecule has 1 heterocycles. The van der Waals surface area contributed by atoms with Crippen LogP contribution in [0.25, 0.3) is 0 Å². The molecule has 1 unspecified atom stereocenters. The van der Waals surface area contributed by atoms with E-state index in [-0.39, 0.29) is 6.04 Å². The van der Waals surface area contributed by atoms with Crippen LogP contribution in [0, 0.1) is 18.3 Å². The Bertz CT molecular complexity index is 686. The van der Waals surface area contributed by atoms with Gasteiger partial charge >= 0.3 is 6.18 Å². The van der Waals surface area contributed by atoms with Gasteiger partial charge in [-0.3, -0.25) is 0 Å². The predicted molar refractivity (Wildman–Crippen MR) is 69.4 cm³/mol. The lowest BCUT2D eigenvalue weighted by molar-refractivity contribution is -0.137. The van der Waals surface area contributed by atoms with Crippen molar-refractivity contribution in [2.45, 2.75) is 26.1 Å². The van der Waals surface area contributed by atoms with Crippen molar-refractivity contribution in [3.05, 3.63) is 47.2 Å². The summed E-state index contributed by atoms with van der Waals surface area (Å²) in [4.78, 5) is 4.04. The fourth-order valence-corrected chi connectivity index (χ4v) is 1.86. The number of alkyl halides is 3. The van der Waals surface area contributed by atoms with Gasteiger partial charge in [-0.05, 0) is 32.0 Å². The number of nitrogens with zero attached hydrogens (tertiary/aromatic N) is 2. The first-order valence-corrected chi connectivity index (χ1v) is 6.11. The summed E-state index contributed by atoms with van der Waals surface area (Å²) in [5.41, 5.74) is -0.985. The topological polar surface area (TPSA) is 61.9 Å². The predicted octanol–water partition coefficient (Wildman–Crippen LogP) is 4.05. The minimum atomic E-state index is -4.55. The minimum Gasteiger partial charge on any atom is -0.444 e. The van der Waals surface area contributed by atoms with Crippen LogP contribution in [0.2, 0.25) is 0 Å². The fourth-order valence-electron chi connectivity index (χ4n) is 1.86. The molecule has 0 spiro atoms. The number of nitriles is 1. The number of oxazole rings is 1. The van der Waals surface area contributed by atoms with Gasteiger partial charge < -0.3 is 9.73 Å². The third-order valence-corrected chi connectivity index (χ3v) is 2.84. The van der Waals surface area contributed by atoms with Crippen molar-refractivity contribution in [2.75, 3.05) is 5.32 Å². The lowest BCUT2D eigenvalue weighted by Gasteiger charge is -2.14. The highest BCUT2D eigenvalue weighted by molar-refractivity contribution is 5.54. The summed E-state index contributed by atoms with van der Waals surface area (Å²) in [7, 11) is 0. The quantitative estimate of drug-likeness (QED) is 0.928. The molecule has 0 saturated carbocycles. The SMILES string of the molecule is Cc1cnc(C(C)Nc2ccc(C(F)(F)F)c(C#N)c2)o1. The van der Waals surface area contributed by atoms with Crippen molar-refractivity contribution >= 4 is 5.69 Å². The van der Waals surface area contributed by atoms with E-state index >= 15 is 0 Å². The number of nitrogens with one attached hydrogen (secondary N) is 1. The molecule has 2 rings (SSSR count). The van der Waals surface area contributed by atoms with Crippen LogP contribution in [0.3, 0.4) is 0 Å². The molecule has 110 valence electrons. The van der Waals surface area contributed by atoms with Gasteiger partial charge in [-0.2, -0.15) is 18.4 Å². The first kappa shape index (κ1) is 14.9. The second-order valence-electron chi connectivity index (χ2n) is 4.55. The highest BCUT2D eigenvalue weighted by atomic mass is 19.4. The van der Waals surface area contributed by atoms with Gasteiger partial charge in [0.25, 0.3) is 0 Å². The van der Waals surface area contributed by atoms with Gasteiger partial charge in [0.15, 0.2) is 0 Å². The molecule has 0 aliphatic rings. The van der Waals surface area contributed by atoms with Crippen LogP contribution in [-0.4, -0.2) is 4.98 Å². The van der Waals surface area contributed by atoms with E-state index in [0.717, 1.165) is 12.1 Å². The van der Waals surface area contributed by atoms with Gasteiger partial charge in [0.2, 0.25) is 5.89 Å². The smallest absolute Gasteiger partial charge is 0.417 e. The van der Waals surface area contributed by atoms with Gasteiger partial charge in [0, 0.05) is 5.69 Å². The molecule has 0 fully saturated rings. The molecule has 7 heteroatoms. The number of aromatic nitrogens is 1. The van der Waals surface area contributed by atoms with E-state index in [1.807, 2.05) is 0 Å². The molecule has 2 aromatic rings. The maximum absolute atomic E-state index is 12.7. The summed E-state index contributed by atoms with van der Waals surface area (Å²) in [6, 6.07) is 4.55. The van der Waals surface area contributed by atoms with Gasteiger partial charge in [0.1, 0.15) is 11.8 Å². The number of hydrogen-bond acceptors (Lipinski definition) is 4. The van der Waals surface area contributed by atoms with Crippen LogP contribution in [-0.2, 0) is 6.18 Å². The average Bonchev–Trinajstić information content (AvgIpc) is 2.84.